The molecule has 0 spiro atoms. The Kier molecular flexibility index (Phi) is 6.31. The lowest BCUT2D eigenvalue weighted by molar-refractivity contribution is -0.117. The number of amides is 2. The zero-order valence-electron chi connectivity index (χ0n) is 20.1. The first kappa shape index (κ1) is 24.3. The van der Waals surface area contributed by atoms with Crippen molar-refractivity contribution in [3.63, 3.8) is 0 Å². The van der Waals surface area contributed by atoms with Crippen molar-refractivity contribution in [2.45, 2.75) is 24.3 Å². The van der Waals surface area contributed by atoms with Crippen molar-refractivity contribution in [3.05, 3.63) is 102 Å². The van der Waals surface area contributed by atoms with E-state index >= 15 is 0 Å². The summed E-state index contributed by atoms with van der Waals surface area (Å²) >= 11 is 0. The normalized spacial score (nSPS) is 15.2. The summed E-state index contributed by atoms with van der Waals surface area (Å²) in [6.07, 6.45) is 1.61. The van der Waals surface area contributed by atoms with E-state index in [-0.39, 0.29) is 29.1 Å². The van der Waals surface area contributed by atoms with E-state index in [0.717, 1.165) is 16.5 Å². The maximum absolute atomic E-state index is 13.6. The SMILES string of the molecule is C=CC(=O)NC1CCN(S(=O)(=O)c2ccc(NC(=O)c3oc4ccccc4c3C)cc2)c2ccccc21. The Morgan fingerprint density at radius 2 is 1.73 bits per heavy atom. The topological polar surface area (TPSA) is 109 Å². The largest absolute Gasteiger partial charge is 0.451 e. The molecule has 1 aliphatic heterocycles. The van der Waals surface area contributed by atoms with Crippen LogP contribution in [0.25, 0.3) is 11.0 Å². The molecule has 0 saturated heterocycles. The van der Waals surface area contributed by atoms with Gasteiger partial charge in [0.2, 0.25) is 5.91 Å². The standard InChI is InChI=1S/C28H25N3O5S/c1-3-26(32)30-23-16-17-31(24-10-6-4-9-22(23)24)37(34,35)20-14-12-19(13-15-20)29-28(33)27-18(2)21-8-5-7-11-25(21)36-27/h3-15,23H,1,16-17H2,2H3,(H,29,33)(H,30,32). The van der Waals surface area contributed by atoms with Crippen LogP contribution in [0.3, 0.4) is 0 Å². The smallest absolute Gasteiger partial charge is 0.291 e. The van der Waals surface area contributed by atoms with Crippen LogP contribution in [-0.2, 0) is 14.8 Å². The number of nitrogens with one attached hydrogen (secondary N) is 2. The average molecular weight is 516 g/mol. The van der Waals surface area contributed by atoms with Crippen LogP contribution in [0.5, 0.6) is 0 Å². The Bertz CT molecular complexity index is 1620. The first-order valence-corrected chi connectivity index (χ1v) is 13.2. The quantitative estimate of drug-likeness (QED) is 0.354. The number of benzene rings is 3. The lowest BCUT2D eigenvalue weighted by Gasteiger charge is -2.35. The molecule has 0 fully saturated rings. The molecule has 188 valence electrons. The second kappa shape index (κ2) is 9.59. The number of fused-ring (bicyclic) bond motifs is 2. The molecule has 0 aliphatic carbocycles. The molecule has 0 bridgehead atoms. The van der Waals surface area contributed by atoms with Gasteiger partial charge in [-0.05, 0) is 61.4 Å². The fraction of sp³-hybridized carbons (Fsp3) is 0.143. The van der Waals surface area contributed by atoms with Crippen molar-refractivity contribution >= 4 is 44.2 Å². The predicted molar refractivity (Wildman–Crippen MR) is 142 cm³/mol. The summed E-state index contributed by atoms with van der Waals surface area (Å²) in [6, 6.07) is 20.2. The molecule has 1 atom stereocenters. The molecule has 2 N–H and O–H groups in total. The molecule has 37 heavy (non-hydrogen) atoms. The third-order valence-corrected chi connectivity index (χ3v) is 8.28. The van der Waals surface area contributed by atoms with E-state index in [0.29, 0.717) is 23.4 Å². The van der Waals surface area contributed by atoms with Gasteiger partial charge in [-0.3, -0.25) is 13.9 Å². The number of carbonyl (C=O) groups is 2. The number of aryl methyl sites for hydroxylation is 1. The minimum absolute atomic E-state index is 0.0915. The third-order valence-electron chi connectivity index (χ3n) is 6.45. The molecule has 1 aromatic heterocycles. The van der Waals surface area contributed by atoms with Gasteiger partial charge in [-0.25, -0.2) is 8.42 Å². The Balaban J connectivity index is 1.37. The van der Waals surface area contributed by atoms with Gasteiger partial charge in [0.15, 0.2) is 5.76 Å². The number of hydrogen-bond donors (Lipinski definition) is 2. The van der Waals surface area contributed by atoms with Crippen molar-refractivity contribution in [2.75, 3.05) is 16.2 Å². The summed E-state index contributed by atoms with van der Waals surface area (Å²) in [5.74, 6) is -0.519. The molecular weight excluding hydrogens is 490 g/mol. The van der Waals surface area contributed by atoms with Gasteiger partial charge < -0.3 is 15.1 Å². The lowest BCUT2D eigenvalue weighted by atomic mass is 9.98. The average Bonchev–Trinajstić information content (AvgIpc) is 3.25. The van der Waals surface area contributed by atoms with Crippen LogP contribution in [-0.4, -0.2) is 26.8 Å². The van der Waals surface area contributed by atoms with Gasteiger partial charge >= 0.3 is 0 Å². The Morgan fingerprint density at radius 1 is 1.03 bits per heavy atom. The Labute approximate surface area is 214 Å². The van der Waals surface area contributed by atoms with E-state index in [1.807, 2.05) is 37.3 Å². The molecule has 1 unspecified atom stereocenters. The van der Waals surface area contributed by atoms with Crippen LogP contribution in [0.15, 0.2) is 94.8 Å². The van der Waals surface area contributed by atoms with Crippen LogP contribution in [0.4, 0.5) is 11.4 Å². The second-order valence-electron chi connectivity index (χ2n) is 8.72. The van der Waals surface area contributed by atoms with Crippen molar-refractivity contribution in [1.82, 2.24) is 5.32 Å². The maximum atomic E-state index is 13.6. The number of furan rings is 1. The fourth-order valence-electron chi connectivity index (χ4n) is 4.58. The highest BCUT2D eigenvalue weighted by molar-refractivity contribution is 7.92. The summed E-state index contributed by atoms with van der Waals surface area (Å²) in [7, 11) is -3.89. The van der Waals surface area contributed by atoms with Gasteiger partial charge in [0.05, 0.1) is 16.6 Å². The number of rotatable bonds is 6. The molecule has 3 aromatic carbocycles. The van der Waals surface area contributed by atoms with Crippen LogP contribution < -0.4 is 14.9 Å². The zero-order valence-corrected chi connectivity index (χ0v) is 20.9. The Hall–Kier alpha value is -4.37. The van der Waals surface area contributed by atoms with E-state index in [2.05, 4.69) is 17.2 Å². The van der Waals surface area contributed by atoms with Crippen molar-refractivity contribution in [3.8, 4) is 0 Å². The van der Waals surface area contributed by atoms with E-state index in [1.54, 1.807) is 30.3 Å². The number of anilines is 2. The molecule has 4 aromatic rings. The molecule has 0 saturated carbocycles. The number of para-hydroxylation sites is 2. The van der Waals surface area contributed by atoms with Crippen molar-refractivity contribution in [1.29, 1.82) is 0 Å². The summed E-state index contributed by atoms with van der Waals surface area (Å²) < 4.78 is 34.2. The van der Waals surface area contributed by atoms with Gasteiger partial charge in [-0.15, -0.1) is 0 Å². The lowest BCUT2D eigenvalue weighted by Crippen LogP contribution is -2.40. The molecule has 0 radical (unpaired) electrons. The summed E-state index contributed by atoms with van der Waals surface area (Å²) in [5, 5.41) is 6.50. The van der Waals surface area contributed by atoms with Crippen LogP contribution in [0.2, 0.25) is 0 Å². The highest BCUT2D eigenvalue weighted by atomic mass is 32.2. The first-order chi connectivity index (χ1) is 17.8. The molecule has 5 rings (SSSR count). The van der Waals surface area contributed by atoms with Crippen LogP contribution >= 0.6 is 0 Å². The molecule has 9 heteroatoms. The molecule has 8 nitrogen and oxygen atoms in total. The van der Waals surface area contributed by atoms with E-state index in [9.17, 15) is 18.0 Å². The number of hydrogen-bond acceptors (Lipinski definition) is 5. The zero-order chi connectivity index (χ0) is 26.2. The summed E-state index contributed by atoms with van der Waals surface area (Å²) in [4.78, 5) is 24.8. The van der Waals surface area contributed by atoms with E-state index in [4.69, 9.17) is 4.42 Å². The molecule has 2 heterocycles. The van der Waals surface area contributed by atoms with E-state index in [1.165, 1.54) is 22.5 Å². The third kappa shape index (κ3) is 4.49. The number of carbonyl (C=O) groups excluding carboxylic acids is 2. The minimum Gasteiger partial charge on any atom is -0.451 e. The monoisotopic (exact) mass is 515 g/mol. The van der Waals surface area contributed by atoms with Gasteiger partial charge in [0.25, 0.3) is 15.9 Å². The van der Waals surface area contributed by atoms with Gasteiger partial charge in [0, 0.05) is 23.2 Å². The highest BCUT2D eigenvalue weighted by Gasteiger charge is 2.33. The summed E-state index contributed by atoms with van der Waals surface area (Å²) in [5.41, 5.74) is 3.03. The Morgan fingerprint density at radius 3 is 2.46 bits per heavy atom. The van der Waals surface area contributed by atoms with Crippen molar-refractivity contribution in [2.24, 2.45) is 0 Å². The van der Waals surface area contributed by atoms with Crippen LogP contribution in [0.1, 0.15) is 34.1 Å². The van der Waals surface area contributed by atoms with E-state index < -0.39 is 15.9 Å². The predicted octanol–water partition coefficient (Wildman–Crippen LogP) is 4.94. The number of nitrogens with zero attached hydrogens (tertiary/aromatic N) is 1. The second-order valence-corrected chi connectivity index (χ2v) is 10.6. The van der Waals surface area contributed by atoms with Crippen molar-refractivity contribution < 1.29 is 22.4 Å². The fourth-order valence-corrected chi connectivity index (χ4v) is 6.08. The highest BCUT2D eigenvalue weighted by Crippen LogP contribution is 2.37. The maximum Gasteiger partial charge on any atom is 0.291 e. The minimum atomic E-state index is -3.89. The van der Waals surface area contributed by atoms with Crippen LogP contribution in [0, 0.1) is 6.92 Å². The first-order valence-electron chi connectivity index (χ1n) is 11.7. The summed E-state index contributed by atoms with van der Waals surface area (Å²) in [6.45, 7) is 5.50. The van der Waals surface area contributed by atoms with Gasteiger partial charge in [-0.2, -0.15) is 0 Å². The molecule has 1 aliphatic rings. The molecular formula is C28H25N3O5S. The van der Waals surface area contributed by atoms with Gasteiger partial charge in [-0.1, -0.05) is 43.0 Å². The van der Waals surface area contributed by atoms with Gasteiger partial charge in [0.1, 0.15) is 5.58 Å². The molecule has 2 amide bonds. The number of sulfonamides is 1.